The van der Waals surface area contributed by atoms with Gasteiger partial charge in [-0.15, -0.1) is 0 Å². The number of benzene rings is 1. The van der Waals surface area contributed by atoms with E-state index in [-0.39, 0.29) is 17.9 Å². The van der Waals surface area contributed by atoms with E-state index in [0.29, 0.717) is 11.7 Å². The van der Waals surface area contributed by atoms with Crippen LogP contribution in [-0.4, -0.2) is 55.1 Å². The molecule has 2 N–H and O–H groups in total. The van der Waals surface area contributed by atoms with Crippen molar-refractivity contribution in [3.05, 3.63) is 54.3 Å². The first-order valence-corrected chi connectivity index (χ1v) is 12.6. The lowest BCUT2D eigenvalue weighted by molar-refractivity contribution is -0.122. The van der Waals surface area contributed by atoms with Gasteiger partial charge in [0.15, 0.2) is 0 Å². The van der Waals surface area contributed by atoms with E-state index >= 15 is 0 Å². The zero-order chi connectivity index (χ0) is 24.6. The number of nitrogens with two attached hydrogens (primary N) is 1. The number of carbonyl (C=O) groups excluding carboxylic acids is 1. The maximum Gasteiger partial charge on any atom is 0.244 e. The van der Waals surface area contributed by atoms with Crippen molar-refractivity contribution in [2.24, 2.45) is 18.7 Å². The largest absolute Gasteiger partial charge is 0.369 e. The fraction of sp³-hybridized carbons (Fsp3) is 0.423. The van der Waals surface area contributed by atoms with Crippen molar-refractivity contribution in [1.82, 2.24) is 29.6 Å². The molecular weight excluding hydrogens is 456 g/mol. The van der Waals surface area contributed by atoms with Gasteiger partial charge in [0.25, 0.3) is 0 Å². The predicted octanol–water partition coefficient (Wildman–Crippen LogP) is 3.06. The molecule has 1 amide bonds. The summed E-state index contributed by atoms with van der Waals surface area (Å²) in [4.78, 5) is 30.2. The highest BCUT2D eigenvalue weighted by Crippen LogP contribution is 2.34. The third kappa shape index (κ3) is 4.21. The lowest BCUT2D eigenvalue weighted by Gasteiger charge is -2.31. The molecule has 0 bridgehead atoms. The van der Waals surface area contributed by atoms with E-state index in [0.717, 1.165) is 80.1 Å². The summed E-state index contributed by atoms with van der Waals surface area (Å²) in [5.41, 5.74) is 8.49. The van der Waals surface area contributed by atoms with Gasteiger partial charge in [0.2, 0.25) is 17.6 Å². The minimum atomic E-state index is -0.215. The topological polar surface area (TPSA) is 119 Å². The molecule has 0 spiro atoms. The highest BCUT2D eigenvalue weighted by molar-refractivity contribution is 5.77. The number of carbonyl (C=O) groups is 1. The third-order valence-electron chi connectivity index (χ3n) is 7.54. The number of aromatic nitrogens is 5. The van der Waals surface area contributed by atoms with Crippen molar-refractivity contribution < 1.29 is 9.32 Å². The summed E-state index contributed by atoms with van der Waals surface area (Å²) in [6.45, 7) is 3.20. The van der Waals surface area contributed by atoms with Crippen molar-refractivity contribution in [2.75, 3.05) is 24.5 Å². The van der Waals surface area contributed by atoms with Crippen LogP contribution < -0.4 is 10.6 Å². The molecule has 0 saturated carbocycles. The van der Waals surface area contributed by atoms with Crippen LogP contribution in [-0.2, 0) is 18.4 Å². The maximum atomic E-state index is 11.5. The number of fused-ring (bicyclic) bond motifs is 1. The zero-order valence-corrected chi connectivity index (χ0v) is 20.4. The van der Waals surface area contributed by atoms with Gasteiger partial charge in [0.05, 0.1) is 23.6 Å². The van der Waals surface area contributed by atoms with Crippen LogP contribution in [0.15, 0.2) is 47.1 Å². The number of primary amides is 1. The number of hydrogen-bond donors (Lipinski definition) is 1. The number of anilines is 1. The molecule has 0 aliphatic carbocycles. The van der Waals surface area contributed by atoms with Gasteiger partial charge < -0.3 is 19.7 Å². The first-order chi connectivity index (χ1) is 17.6. The highest BCUT2D eigenvalue weighted by atomic mass is 16.5. The summed E-state index contributed by atoms with van der Waals surface area (Å²) in [5, 5.41) is 4.31. The van der Waals surface area contributed by atoms with E-state index in [4.69, 9.17) is 20.2 Å². The summed E-state index contributed by atoms with van der Waals surface area (Å²) < 4.78 is 7.93. The van der Waals surface area contributed by atoms with Crippen molar-refractivity contribution >= 4 is 22.8 Å². The fourth-order valence-electron chi connectivity index (χ4n) is 5.42. The number of nitrogens with zero attached hydrogens (tertiary/aromatic N) is 7. The van der Waals surface area contributed by atoms with Crippen molar-refractivity contribution in [1.29, 1.82) is 0 Å². The Balaban J connectivity index is 1.18. The SMILES string of the molecule is Cn1c(CN2CCCC2c2nc(-c3ccnc(N4CCC(C(N)=O)CC4)c3)no2)nc2ccccc21. The second-order valence-electron chi connectivity index (χ2n) is 9.73. The second kappa shape index (κ2) is 9.34. The first kappa shape index (κ1) is 22.7. The molecule has 2 fully saturated rings. The molecule has 3 aromatic heterocycles. The van der Waals surface area contributed by atoms with Gasteiger partial charge in [0.1, 0.15) is 11.6 Å². The van der Waals surface area contributed by atoms with Gasteiger partial charge in [-0.05, 0) is 56.5 Å². The van der Waals surface area contributed by atoms with Crippen LogP contribution >= 0.6 is 0 Å². The molecule has 6 rings (SSSR count). The Morgan fingerprint density at radius 3 is 2.75 bits per heavy atom. The molecule has 2 aliphatic heterocycles. The number of aryl methyl sites for hydroxylation is 1. The lowest BCUT2D eigenvalue weighted by atomic mass is 9.96. The molecule has 5 heterocycles. The van der Waals surface area contributed by atoms with Crippen LogP contribution in [0.4, 0.5) is 5.82 Å². The summed E-state index contributed by atoms with van der Waals surface area (Å²) in [5.74, 6) is 2.82. The van der Waals surface area contributed by atoms with E-state index in [1.165, 1.54) is 0 Å². The van der Waals surface area contributed by atoms with Gasteiger partial charge in [-0.2, -0.15) is 4.98 Å². The number of imidazole rings is 1. The third-order valence-corrected chi connectivity index (χ3v) is 7.54. The van der Waals surface area contributed by atoms with E-state index < -0.39 is 0 Å². The molecule has 1 aromatic carbocycles. The molecule has 10 heteroatoms. The average Bonchev–Trinajstić information content (AvgIpc) is 3.64. The molecule has 10 nitrogen and oxygen atoms in total. The van der Waals surface area contributed by atoms with Crippen LogP contribution in [0.2, 0.25) is 0 Å². The Morgan fingerprint density at radius 1 is 1.11 bits per heavy atom. The second-order valence-corrected chi connectivity index (χ2v) is 9.73. The van der Waals surface area contributed by atoms with E-state index in [1.807, 2.05) is 30.3 Å². The average molecular weight is 487 g/mol. The Labute approximate surface area is 209 Å². The fourth-order valence-corrected chi connectivity index (χ4v) is 5.42. The smallest absolute Gasteiger partial charge is 0.244 e. The Kier molecular flexibility index (Phi) is 5.88. The Hall–Kier alpha value is -3.79. The number of likely N-dealkylation sites (tertiary alicyclic amines) is 1. The molecule has 0 radical (unpaired) electrons. The van der Waals surface area contributed by atoms with E-state index in [2.05, 4.69) is 37.6 Å². The van der Waals surface area contributed by atoms with Gasteiger partial charge in [-0.1, -0.05) is 17.3 Å². The minimum absolute atomic E-state index is 0.0531. The van der Waals surface area contributed by atoms with Crippen LogP contribution in [0.25, 0.3) is 22.4 Å². The lowest BCUT2D eigenvalue weighted by Crippen LogP contribution is -2.38. The molecule has 2 saturated heterocycles. The van der Waals surface area contributed by atoms with Crippen LogP contribution in [0.3, 0.4) is 0 Å². The van der Waals surface area contributed by atoms with E-state index in [1.54, 1.807) is 6.20 Å². The van der Waals surface area contributed by atoms with Gasteiger partial charge >= 0.3 is 0 Å². The number of amides is 1. The molecule has 1 atom stereocenters. The Bertz CT molecular complexity index is 1390. The number of para-hydroxylation sites is 2. The van der Waals surface area contributed by atoms with Crippen molar-refractivity contribution in [3.8, 4) is 11.4 Å². The van der Waals surface area contributed by atoms with Crippen LogP contribution in [0.5, 0.6) is 0 Å². The van der Waals surface area contributed by atoms with E-state index in [9.17, 15) is 4.79 Å². The molecular formula is C26H30N8O2. The number of piperidine rings is 1. The molecule has 36 heavy (non-hydrogen) atoms. The summed E-state index contributed by atoms with van der Waals surface area (Å²) in [7, 11) is 2.07. The van der Waals surface area contributed by atoms with Crippen LogP contribution in [0.1, 0.15) is 43.4 Å². The highest BCUT2D eigenvalue weighted by Gasteiger charge is 2.32. The van der Waals surface area contributed by atoms with Gasteiger partial charge in [-0.25, -0.2) is 9.97 Å². The zero-order valence-electron chi connectivity index (χ0n) is 20.4. The minimum Gasteiger partial charge on any atom is -0.369 e. The summed E-state index contributed by atoms with van der Waals surface area (Å²) in [6, 6.07) is 12.2. The molecule has 4 aromatic rings. The standard InChI is InChI=1S/C26H30N8O2/c1-32-20-6-3-2-5-19(20)29-23(32)16-34-12-4-7-21(34)26-30-25(31-36-26)18-8-11-28-22(15-18)33-13-9-17(10-14-33)24(27)35/h2-3,5-6,8,11,15,17,21H,4,7,9-10,12-14,16H2,1H3,(H2,27,35). The number of hydrogen-bond acceptors (Lipinski definition) is 8. The Morgan fingerprint density at radius 2 is 1.94 bits per heavy atom. The quantitative estimate of drug-likeness (QED) is 0.442. The van der Waals surface area contributed by atoms with Crippen LogP contribution in [0, 0.1) is 5.92 Å². The molecule has 186 valence electrons. The maximum absolute atomic E-state index is 11.5. The first-order valence-electron chi connectivity index (χ1n) is 12.6. The van der Waals surface area contributed by atoms with Gasteiger partial charge in [0, 0.05) is 37.8 Å². The summed E-state index contributed by atoms with van der Waals surface area (Å²) in [6.07, 6.45) is 5.32. The summed E-state index contributed by atoms with van der Waals surface area (Å²) >= 11 is 0. The molecule has 2 aliphatic rings. The molecule has 1 unspecified atom stereocenters. The number of rotatable bonds is 6. The monoisotopic (exact) mass is 486 g/mol. The number of pyridine rings is 1. The van der Waals surface area contributed by atoms with Crippen molar-refractivity contribution in [2.45, 2.75) is 38.3 Å². The van der Waals surface area contributed by atoms with Gasteiger partial charge in [-0.3, -0.25) is 9.69 Å². The van der Waals surface area contributed by atoms with Crippen molar-refractivity contribution in [3.63, 3.8) is 0 Å². The predicted molar refractivity (Wildman–Crippen MR) is 135 cm³/mol. The normalized spacial score (nSPS) is 19.4.